The molecule has 0 radical (unpaired) electrons. The van der Waals surface area contributed by atoms with Gasteiger partial charge in [0.2, 0.25) is 0 Å². The van der Waals surface area contributed by atoms with Crippen molar-refractivity contribution >= 4 is 14.0 Å². The fourth-order valence-corrected chi connectivity index (χ4v) is 4.22. The fourth-order valence-electron chi connectivity index (χ4n) is 3.22. The molecule has 29 heavy (non-hydrogen) atoms. The van der Waals surface area contributed by atoms with Crippen LogP contribution in [-0.4, -0.2) is 27.1 Å². The maximum atomic E-state index is 13.4. The molecular formula is C21H23FNO5P. The van der Waals surface area contributed by atoms with E-state index in [0.29, 0.717) is 28.1 Å². The second kappa shape index (κ2) is 9.80. The van der Waals surface area contributed by atoms with Crippen LogP contribution in [0.15, 0.2) is 30.3 Å². The topological polar surface area (TPSA) is 96.7 Å². The van der Waals surface area contributed by atoms with E-state index < -0.39 is 38.0 Å². The van der Waals surface area contributed by atoms with E-state index in [-0.39, 0.29) is 5.92 Å². The number of hydrogen-bond donors (Lipinski definition) is 2. The first kappa shape index (κ1) is 22.8. The summed E-state index contributed by atoms with van der Waals surface area (Å²) in [5.41, 5.74) is 1.39. The van der Waals surface area contributed by atoms with E-state index in [4.69, 9.17) is 6.42 Å². The van der Waals surface area contributed by atoms with Crippen LogP contribution in [0.1, 0.15) is 48.8 Å². The molecule has 0 amide bonds. The Morgan fingerprint density at radius 2 is 1.97 bits per heavy atom. The lowest BCUT2D eigenvalue weighted by atomic mass is 9.89. The first-order valence-corrected chi connectivity index (χ1v) is 10.4. The Bertz CT molecular complexity index is 953. The van der Waals surface area contributed by atoms with Gasteiger partial charge in [0.25, 0.3) is 0 Å². The van der Waals surface area contributed by atoms with Crippen molar-refractivity contribution in [3.8, 4) is 23.7 Å². The molecule has 0 aliphatic carbocycles. The second-order valence-corrected chi connectivity index (χ2v) is 8.25. The van der Waals surface area contributed by atoms with Crippen molar-refractivity contribution in [2.75, 3.05) is 0 Å². The Balaban J connectivity index is 2.71. The van der Waals surface area contributed by atoms with Gasteiger partial charge in [0.15, 0.2) is 8.03 Å². The minimum atomic E-state index is -3.36. The number of terminal acetylenes is 1. The number of rotatable bonds is 7. The van der Waals surface area contributed by atoms with Crippen LogP contribution in [-0.2, 0) is 14.1 Å². The summed E-state index contributed by atoms with van der Waals surface area (Å²) in [7, 11) is -3.36. The second-order valence-electron chi connectivity index (χ2n) is 6.95. The number of pyridine rings is 1. The number of aryl methyl sites for hydroxylation is 1. The molecule has 2 N–H and O–H groups in total. The number of carbonyl (C=O) groups is 1. The summed E-state index contributed by atoms with van der Waals surface area (Å²) in [5, 5.41) is 10.6. The zero-order valence-electron chi connectivity index (χ0n) is 16.3. The fraction of sp³-hybridized carbons (Fsp3) is 0.333. The van der Waals surface area contributed by atoms with Gasteiger partial charge in [-0.25, -0.2) is 4.39 Å². The zero-order valence-corrected chi connectivity index (χ0v) is 17.3. The van der Waals surface area contributed by atoms with Crippen LogP contribution in [0.4, 0.5) is 4.39 Å². The zero-order chi connectivity index (χ0) is 21.7. The van der Waals surface area contributed by atoms with E-state index in [9.17, 15) is 23.7 Å². The third-order valence-corrected chi connectivity index (χ3v) is 5.63. The van der Waals surface area contributed by atoms with Gasteiger partial charge in [-0.1, -0.05) is 32.4 Å². The predicted octanol–water partition coefficient (Wildman–Crippen LogP) is 3.71. The molecule has 0 bridgehead atoms. The molecule has 0 spiro atoms. The molecule has 0 saturated carbocycles. The number of hydrogen-bond acceptors (Lipinski definition) is 5. The number of aliphatic hydroxyl groups excluding tert-OH is 1. The van der Waals surface area contributed by atoms with Crippen LogP contribution in [0.2, 0.25) is 0 Å². The molecule has 6 nitrogen and oxygen atoms in total. The van der Waals surface area contributed by atoms with Crippen molar-refractivity contribution < 1.29 is 28.5 Å². The third-order valence-electron chi connectivity index (χ3n) is 4.43. The first-order valence-electron chi connectivity index (χ1n) is 8.99. The van der Waals surface area contributed by atoms with E-state index in [2.05, 4.69) is 9.72 Å². The Kier molecular flexibility index (Phi) is 7.69. The summed E-state index contributed by atoms with van der Waals surface area (Å²) < 4.78 is 30.1. The lowest BCUT2D eigenvalue weighted by Crippen LogP contribution is -2.23. The number of benzene rings is 1. The normalized spacial score (nSPS) is 14.1. The number of ether oxygens (including phenoxy) is 1. The van der Waals surface area contributed by atoms with Gasteiger partial charge in [-0.3, -0.25) is 14.3 Å². The lowest BCUT2D eigenvalue weighted by Gasteiger charge is -2.26. The lowest BCUT2D eigenvalue weighted by molar-refractivity contribution is -0.139. The van der Waals surface area contributed by atoms with Crippen LogP contribution >= 0.6 is 8.03 Å². The van der Waals surface area contributed by atoms with Crippen LogP contribution < -0.4 is 0 Å². The summed E-state index contributed by atoms with van der Waals surface area (Å²) in [4.78, 5) is 26.3. The van der Waals surface area contributed by atoms with Gasteiger partial charge in [-0.05, 0) is 47.7 Å². The Hall–Kier alpha value is -2.52. The van der Waals surface area contributed by atoms with Crippen LogP contribution in [0.3, 0.4) is 0 Å². The highest BCUT2D eigenvalue weighted by atomic mass is 31.1. The van der Waals surface area contributed by atoms with Crippen molar-refractivity contribution in [1.82, 2.24) is 4.98 Å². The minimum absolute atomic E-state index is 0.141. The molecular weight excluding hydrogens is 396 g/mol. The van der Waals surface area contributed by atoms with E-state index in [1.165, 1.54) is 12.1 Å². The summed E-state index contributed by atoms with van der Waals surface area (Å²) >= 11 is 0. The largest absolute Gasteiger partial charge is 0.391 e. The minimum Gasteiger partial charge on any atom is -0.391 e. The molecule has 0 aliphatic rings. The van der Waals surface area contributed by atoms with Crippen molar-refractivity contribution in [1.29, 1.82) is 0 Å². The van der Waals surface area contributed by atoms with Gasteiger partial charge in [-0.2, -0.15) is 0 Å². The molecule has 1 aromatic carbocycles. The van der Waals surface area contributed by atoms with E-state index in [1.54, 1.807) is 31.2 Å². The molecule has 3 atom stereocenters. The van der Waals surface area contributed by atoms with Crippen LogP contribution in [0.5, 0.6) is 0 Å². The van der Waals surface area contributed by atoms with Gasteiger partial charge in [0, 0.05) is 11.4 Å². The molecule has 8 heteroatoms. The van der Waals surface area contributed by atoms with Gasteiger partial charge < -0.3 is 14.7 Å². The highest BCUT2D eigenvalue weighted by molar-refractivity contribution is 7.38. The molecule has 3 unspecified atom stereocenters. The van der Waals surface area contributed by atoms with Gasteiger partial charge >= 0.3 is 5.97 Å². The maximum Gasteiger partial charge on any atom is 0.322 e. The van der Waals surface area contributed by atoms with Crippen molar-refractivity contribution in [2.45, 2.75) is 44.9 Å². The quantitative estimate of drug-likeness (QED) is 0.404. The Morgan fingerprint density at radius 1 is 1.34 bits per heavy atom. The first-order chi connectivity index (χ1) is 13.6. The van der Waals surface area contributed by atoms with Gasteiger partial charge in [0.1, 0.15) is 11.9 Å². The predicted molar refractivity (Wildman–Crippen MR) is 108 cm³/mol. The molecule has 154 valence electrons. The summed E-state index contributed by atoms with van der Waals surface area (Å²) in [6, 6.07) is 7.35. The van der Waals surface area contributed by atoms with E-state index >= 15 is 0 Å². The summed E-state index contributed by atoms with van der Waals surface area (Å²) in [6.07, 6.45) is 4.57. The standard InChI is InChI=1S/C21H23FNO5P/c1-5-28-18(25)11-17(24)21(29(26)27)19-16(14-6-8-15(22)9-7-14)10-13(4)23-20(19)12(2)3/h1,6-10,12,17,21,24,29H,11H2,2-4H3,(H,26,27). The number of aromatic nitrogens is 1. The van der Waals surface area contributed by atoms with Gasteiger partial charge in [0.05, 0.1) is 18.2 Å². The highest BCUT2D eigenvalue weighted by Gasteiger charge is 2.34. The van der Waals surface area contributed by atoms with E-state index in [0.717, 1.165) is 0 Å². The Morgan fingerprint density at radius 3 is 2.48 bits per heavy atom. The van der Waals surface area contributed by atoms with Crippen molar-refractivity contribution in [2.24, 2.45) is 0 Å². The maximum absolute atomic E-state index is 13.4. The van der Waals surface area contributed by atoms with Crippen molar-refractivity contribution in [3.63, 3.8) is 0 Å². The van der Waals surface area contributed by atoms with E-state index in [1.807, 2.05) is 13.8 Å². The average molecular weight is 419 g/mol. The number of nitrogens with zero attached hydrogens (tertiary/aromatic N) is 1. The number of carbonyl (C=O) groups excluding carboxylic acids is 1. The molecule has 0 aliphatic heterocycles. The number of esters is 1. The van der Waals surface area contributed by atoms with Crippen molar-refractivity contribution in [3.05, 3.63) is 53.1 Å². The number of aliphatic hydroxyl groups is 1. The number of halogens is 1. The smallest absolute Gasteiger partial charge is 0.322 e. The SMILES string of the molecule is C#COC(=O)CC(O)C(c1c(-c2ccc(F)cc2)cc(C)nc1C(C)C)[PH](=O)O. The summed E-state index contributed by atoms with van der Waals surface area (Å²) in [6.45, 7) is 5.51. The van der Waals surface area contributed by atoms with Crippen LogP contribution in [0, 0.1) is 25.3 Å². The Labute approximate surface area is 169 Å². The highest BCUT2D eigenvalue weighted by Crippen LogP contribution is 2.47. The third kappa shape index (κ3) is 5.51. The average Bonchev–Trinajstić information content (AvgIpc) is 2.63. The molecule has 0 fully saturated rings. The molecule has 2 aromatic rings. The molecule has 2 rings (SSSR count). The molecule has 1 heterocycles. The van der Waals surface area contributed by atoms with Gasteiger partial charge in [-0.15, -0.1) is 0 Å². The molecule has 0 saturated heterocycles. The summed E-state index contributed by atoms with van der Waals surface area (Å²) in [5.74, 6) is -1.45. The monoisotopic (exact) mass is 419 g/mol. The van der Waals surface area contributed by atoms with Crippen LogP contribution in [0.25, 0.3) is 11.1 Å². The molecule has 1 aromatic heterocycles.